The molecular weight excluding hydrogens is 350 g/mol. The first-order chi connectivity index (χ1) is 13.7. The molecule has 0 unspecified atom stereocenters. The molecule has 0 atom stereocenters. The van der Waals surface area contributed by atoms with Crippen LogP contribution in [0, 0.1) is 12.8 Å². The van der Waals surface area contributed by atoms with Crippen LogP contribution in [0.1, 0.15) is 104 Å². The van der Waals surface area contributed by atoms with Gasteiger partial charge in [-0.2, -0.15) is 0 Å². The first-order valence-corrected chi connectivity index (χ1v) is 11.4. The van der Waals surface area contributed by atoms with E-state index in [1.165, 1.54) is 59.2 Å². The summed E-state index contributed by atoms with van der Waals surface area (Å²) in [4.78, 5) is 0. The van der Waals surface area contributed by atoms with E-state index in [9.17, 15) is 0 Å². The molecule has 1 heteroatoms. The van der Waals surface area contributed by atoms with Crippen LogP contribution in [0.5, 0.6) is 0 Å². The molecule has 3 rings (SSSR count). The molecule has 1 heterocycles. The number of aromatic nitrogens is 1. The summed E-state index contributed by atoms with van der Waals surface area (Å²) in [5, 5.41) is 0. The number of benzene rings is 1. The second-order valence-corrected chi connectivity index (χ2v) is 11.1. The Morgan fingerprint density at radius 2 is 1.66 bits per heavy atom. The summed E-state index contributed by atoms with van der Waals surface area (Å²) >= 11 is 0. The number of hydrogen-bond acceptors (Lipinski definition) is 0. The molecule has 1 aliphatic carbocycles. The molecule has 0 aliphatic heterocycles. The highest BCUT2D eigenvalue weighted by Gasteiger charge is 2.37. The van der Waals surface area contributed by atoms with Crippen molar-refractivity contribution in [1.29, 1.82) is 0 Å². The summed E-state index contributed by atoms with van der Waals surface area (Å²) in [5.74, 6) is 0.0743. The Labute approximate surface area is 181 Å². The molecule has 1 aliphatic rings. The Morgan fingerprint density at radius 3 is 2.17 bits per heavy atom. The van der Waals surface area contributed by atoms with Gasteiger partial charge in [0.2, 0.25) is 5.69 Å². The molecule has 1 aromatic heterocycles. The zero-order chi connectivity index (χ0) is 22.5. The molecule has 158 valence electrons. The van der Waals surface area contributed by atoms with Crippen LogP contribution in [-0.2, 0) is 17.9 Å². The third kappa shape index (κ3) is 4.30. The molecule has 0 radical (unpaired) electrons. The first-order valence-electron chi connectivity index (χ1n) is 11.9. The van der Waals surface area contributed by atoms with Gasteiger partial charge in [0.25, 0.3) is 0 Å². The van der Waals surface area contributed by atoms with Crippen molar-refractivity contribution in [2.75, 3.05) is 0 Å². The van der Waals surface area contributed by atoms with Crippen LogP contribution >= 0.6 is 0 Å². The number of rotatable bonds is 4. The molecule has 0 saturated heterocycles. The largest absolute Gasteiger partial charge is 0.212 e. The van der Waals surface area contributed by atoms with Gasteiger partial charge in [-0.3, -0.25) is 0 Å². The molecule has 0 spiro atoms. The topological polar surface area (TPSA) is 3.88 Å². The van der Waals surface area contributed by atoms with Crippen molar-refractivity contribution in [3.05, 3.63) is 52.7 Å². The minimum absolute atomic E-state index is 0.0889. The van der Waals surface area contributed by atoms with Crippen molar-refractivity contribution in [2.24, 2.45) is 13.0 Å². The third-order valence-electron chi connectivity index (χ3n) is 7.25. The average Bonchev–Trinajstić information content (AvgIpc) is 3.15. The lowest BCUT2D eigenvalue weighted by Crippen LogP contribution is -2.37. The summed E-state index contributed by atoms with van der Waals surface area (Å²) in [6.45, 7) is 17.9. The van der Waals surface area contributed by atoms with E-state index in [1.54, 1.807) is 0 Å². The fraction of sp³-hybridized carbons (Fsp3) is 0.607. The molecule has 1 saturated carbocycles. The Morgan fingerprint density at radius 1 is 1.03 bits per heavy atom. The van der Waals surface area contributed by atoms with Gasteiger partial charge in [-0.05, 0) is 65.2 Å². The summed E-state index contributed by atoms with van der Waals surface area (Å²) in [5.41, 5.74) is 7.90. The fourth-order valence-corrected chi connectivity index (χ4v) is 5.13. The van der Waals surface area contributed by atoms with Gasteiger partial charge in [-0.15, -0.1) is 0 Å². The maximum absolute atomic E-state index is 8.95. The first kappa shape index (κ1) is 20.6. The summed E-state index contributed by atoms with van der Waals surface area (Å²) in [6, 6.07) is 9.17. The van der Waals surface area contributed by atoms with Gasteiger partial charge < -0.3 is 0 Å². The molecule has 0 amide bonds. The number of hydrogen-bond donors (Lipinski definition) is 0. The van der Waals surface area contributed by atoms with Gasteiger partial charge in [0.05, 0.1) is 0 Å². The lowest BCUT2D eigenvalue weighted by Gasteiger charge is -2.34. The molecule has 29 heavy (non-hydrogen) atoms. The normalized spacial score (nSPS) is 16.9. The van der Waals surface area contributed by atoms with Gasteiger partial charge in [-0.1, -0.05) is 73.4 Å². The molecule has 0 bridgehead atoms. The van der Waals surface area contributed by atoms with Crippen LogP contribution < -0.4 is 4.57 Å². The minimum atomic E-state index is -0.631. The Bertz CT molecular complexity index is 919. The zero-order valence-corrected chi connectivity index (χ0v) is 20.2. The Hall–Kier alpha value is -1.63. The molecule has 1 nitrogen and oxygen atoms in total. The summed E-state index contributed by atoms with van der Waals surface area (Å²) in [6.07, 6.45) is 7.64. The van der Waals surface area contributed by atoms with E-state index < -0.39 is 5.89 Å². The van der Waals surface area contributed by atoms with Gasteiger partial charge >= 0.3 is 0 Å². The lowest BCUT2D eigenvalue weighted by atomic mass is 9.70. The van der Waals surface area contributed by atoms with E-state index in [4.69, 9.17) is 1.37 Å². The monoisotopic (exact) mass is 393 g/mol. The van der Waals surface area contributed by atoms with Crippen molar-refractivity contribution in [3.63, 3.8) is 0 Å². The molecule has 0 N–H and O–H groups in total. The van der Waals surface area contributed by atoms with E-state index in [-0.39, 0.29) is 10.8 Å². The van der Waals surface area contributed by atoms with Crippen molar-refractivity contribution >= 4 is 0 Å². The Balaban J connectivity index is 2.17. The molecule has 1 fully saturated rings. The minimum Gasteiger partial charge on any atom is -0.201 e. The molecule has 2 aromatic rings. The van der Waals surface area contributed by atoms with Crippen LogP contribution in [0.25, 0.3) is 11.3 Å². The maximum atomic E-state index is 8.95. The van der Waals surface area contributed by atoms with Gasteiger partial charge in [0.15, 0.2) is 6.20 Å². The van der Waals surface area contributed by atoms with Crippen LogP contribution in [0.15, 0.2) is 30.5 Å². The Kier molecular flexibility index (Phi) is 5.62. The van der Waals surface area contributed by atoms with E-state index in [2.05, 4.69) is 83.6 Å². The van der Waals surface area contributed by atoms with E-state index in [0.717, 1.165) is 0 Å². The lowest BCUT2D eigenvalue weighted by molar-refractivity contribution is -0.661. The standard InChI is InChI=1S/C28H42N/c1-19(2)24-17-26(23-15-14-22(16-20(23)3)27(4,5)6)29(9)18-25(24)28(7,8)21-12-10-11-13-21/h14-19,21H,10-13H2,1-9H3/q+1/i19D. The zero-order valence-electron chi connectivity index (χ0n) is 21.2. The van der Waals surface area contributed by atoms with Crippen LogP contribution in [0.2, 0.25) is 0 Å². The van der Waals surface area contributed by atoms with Crippen LogP contribution in [0.3, 0.4) is 0 Å². The van der Waals surface area contributed by atoms with Crippen molar-refractivity contribution < 1.29 is 5.94 Å². The van der Waals surface area contributed by atoms with Gasteiger partial charge in [-0.25, -0.2) is 4.57 Å². The van der Waals surface area contributed by atoms with Crippen LogP contribution in [0.4, 0.5) is 0 Å². The highest BCUT2D eigenvalue weighted by atomic mass is 14.9. The number of nitrogens with zero attached hydrogens (tertiary/aromatic N) is 1. The predicted molar refractivity (Wildman–Crippen MR) is 126 cm³/mol. The van der Waals surface area contributed by atoms with Crippen molar-refractivity contribution in [3.8, 4) is 11.3 Å². The number of pyridine rings is 1. The highest BCUT2D eigenvalue weighted by molar-refractivity contribution is 5.63. The van der Waals surface area contributed by atoms with Crippen LogP contribution in [-0.4, -0.2) is 0 Å². The highest BCUT2D eigenvalue weighted by Crippen LogP contribution is 2.44. The van der Waals surface area contributed by atoms with Gasteiger partial charge in [0.1, 0.15) is 7.05 Å². The predicted octanol–water partition coefficient (Wildman–Crippen LogP) is 7.38. The van der Waals surface area contributed by atoms with E-state index >= 15 is 0 Å². The summed E-state index contributed by atoms with van der Waals surface area (Å²) in [7, 11) is 2.17. The fourth-order valence-electron chi connectivity index (χ4n) is 5.13. The molecular formula is C28H42N+. The second-order valence-electron chi connectivity index (χ2n) is 11.1. The SMILES string of the molecule is [2H]C(C)(C)c1cc(-c2ccc(C(C)(C)C)cc2C)[n+](C)cc1C(C)(C)C1CCCC1. The quantitative estimate of drug-likeness (QED) is 0.477. The average molecular weight is 394 g/mol. The maximum Gasteiger partial charge on any atom is 0.212 e. The van der Waals surface area contributed by atoms with Crippen molar-refractivity contribution in [2.45, 2.75) is 97.8 Å². The van der Waals surface area contributed by atoms with Crippen molar-refractivity contribution in [1.82, 2.24) is 0 Å². The smallest absolute Gasteiger partial charge is 0.201 e. The summed E-state index contributed by atoms with van der Waals surface area (Å²) < 4.78 is 11.2. The van der Waals surface area contributed by atoms with E-state index in [0.29, 0.717) is 5.92 Å². The van der Waals surface area contributed by atoms with Gasteiger partial charge in [0, 0.05) is 18.6 Å². The third-order valence-corrected chi connectivity index (χ3v) is 7.25. The molecule has 1 aromatic carbocycles. The number of aryl methyl sites for hydroxylation is 2. The van der Waals surface area contributed by atoms with E-state index in [1.807, 2.05) is 13.8 Å². The second kappa shape index (κ2) is 7.89.